The number of nitrogens with zero attached hydrogens (tertiary/aromatic N) is 4. The van der Waals surface area contributed by atoms with Crippen molar-refractivity contribution in [1.29, 1.82) is 0 Å². The van der Waals surface area contributed by atoms with Gasteiger partial charge in [-0.15, -0.1) is 10.2 Å². The second-order valence-corrected chi connectivity index (χ2v) is 10.2. The van der Waals surface area contributed by atoms with E-state index in [-0.39, 0.29) is 9.92 Å². The zero-order valence-corrected chi connectivity index (χ0v) is 18.2. The number of aryl methyl sites for hydroxylation is 2. The van der Waals surface area contributed by atoms with Gasteiger partial charge >= 0.3 is 0 Å². The minimum Gasteiger partial charge on any atom is -0.353 e. The van der Waals surface area contributed by atoms with E-state index in [1.165, 1.54) is 32.1 Å². The van der Waals surface area contributed by atoms with E-state index in [0.29, 0.717) is 0 Å². The number of aromatic nitrogens is 2. The summed E-state index contributed by atoms with van der Waals surface area (Å²) in [4.78, 5) is 5.09. The maximum atomic E-state index is 12.9. The third-order valence-electron chi connectivity index (χ3n) is 6.42. The molecule has 0 bridgehead atoms. The molecule has 29 heavy (non-hydrogen) atoms. The zero-order chi connectivity index (χ0) is 20.4. The predicted octanol–water partition coefficient (Wildman–Crippen LogP) is 3.38. The number of anilines is 1. The van der Waals surface area contributed by atoms with E-state index < -0.39 is 9.84 Å². The van der Waals surface area contributed by atoms with Crippen LogP contribution in [-0.2, 0) is 9.84 Å². The summed E-state index contributed by atoms with van der Waals surface area (Å²) in [7, 11) is -3.65. The van der Waals surface area contributed by atoms with Crippen LogP contribution in [0.5, 0.6) is 0 Å². The maximum Gasteiger partial charge on any atom is 0.225 e. The summed E-state index contributed by atoms with van der Waals surface area (Å²) in [5.74, 6) is 0.757. The Hall–Kier alpha value is -1.99. The van der Waals surface area contributed by atoms with Crippen molar-refractivity contribution in [3.63, 3.8) is 0 Å². The molecule has 156 valence electrons. The number of benzene rings is 1. The van der Waals surface area contributed by atoms with Crippen LogP contribution in [0.3, 0.4) is 0 Å². The molecule has 7 heteroatoms. The molecule has 1 aromatic heterocycles. The quantitative estimate of drug-likeness (QED) is 0.764. The topological polar surface area (TPSA) is 66.4 Å². The first-order chi connectivity index (χ1) is 13.9. The fourth-order valence-electron chi connectivity index (χ4n) is 4.39. The highest BCUT2D eigenvalue weighted by Crippen LogP contribution is 2.25. The van der Waals surface area contributed by atoms with Gasteiger partial charge in [-0.2, -0.15) is 0 Å². The number of sulfone groups is 1. The molecular weight excluding hydrogens is 384 g/mol. The third kappa shape index (κ3) is 4.31. The lowest BCUT2D eigenvalue weighted by atomic mass is 9.94. The van der Waals surface area contributed by atoms with E-state index in [9.17, 15) is 8.42 Å². The molecule has 1 saturated carbocycles. The molecule has 2 aromatic rings. The van der Waals surface area contributed by atoms with Crippen LogP contribution in [0, 0.1) is 13.8 Å². The molecular formula is C22H30N4O2S. The average molecular weight is 415 g/mol. The largest absolute Gasteiger partial charge is 0.353 e. The normalized spacial score (nSPS) is 19.4. The van der Waals surface area contributed by atoms with Crippen molar-refractivity contribution < 1.29 is 8.42 Å². The molecule has 2 fully saturated rings. The van der Waals surface area contributed by atoms with Gasteiger partial charge in [0.05, 0.1) is 4.90 Å². The third-order valence-corrected chi connectivity index (χ3v) is 8.06. The molecule has 2 aliphatic rings. The molecule has 4 rings (SSSR count). The summed E-state index contributed by atoms with van der Waals surface area (Å²) in [6, 6.07) is 9.28. The Bertz CT molecular complexity index is 945. The van der Waals surface area contributed by atoms with Crippen LogP contribution in [0.25, 0.3) is 0 Å². The van der Waals surface area contributed by atoms with Gasteiger partial charge in [0.25, 0.3) is 0 Å². The van der Waals surface area contributed by atoms with E-state index >= 15 is 0 Å². The Balaban J connectivity index is 1.43. The molecule has 1 aliphatic heterocycles. The minimum atomic E-state index is -3.65. The molecule has 0 radical (unpaired) electrons. The van der Waals surface area contributed by atoms with Gasteiger partial charge in [0, 0.05) is 32.2 Å². The van der Waals surface area contributed by atoms with E-state index in [1.807, 2.05) is 19.9 Å². The summed E-state index contributed by atoms with van der Waals surface area (Å²) >= 11 is 0. The molecule has 1 aromatic carbocycles. The molecule has 0 N–H and O–H groups in total. The van der Waals surface area contributed by atoms with Crippen molar-refractivity contribution in [3.05, 3.63) is 41.5 Å². The van der Waals surface area contributed by atoms with E-state index in [0.717, 1.165) is 49.2 Å². The summed E-state index contributed by atoms with van der Waals surface area (Å²) < 4.78 is 25.8. The van der Waals surface area contributed by atoms with Crippen LogP contribution in [0.1, 0.15) is 43.2 Å². The van der Waals surface area contributed by atoms with Gasteiger partial charge < -0.3 is 4.90 Å². The molecule has 1 aliphatic carbocycles. The Kier molecular flexibility index (Phi) is 5.88. The lowest BCUT2D eigenvalue weighted by molar-refractivity contribution is 0.147. The van der Waals surface area contributed by atoms with Crippen molar-refractivity contribution in [3.8, 4) is 0 Å². The fraction of sp³-hybridized carbons (Fsp3) is 0.545. The highest BCUT2D eigenvalue weighted by molar-refractivity contribution is 7.91. The standard InChI is InChI=1S/C22H30N4O2S/c1-17-8-9-20(16-18(17)2)29(27,28)22-11-10-21(23-24-22)26-14-12-25(13-15-26)19-6-4-3-5-7-19/h8-11,16,19H,3-7,12-15H2,1-2H3. The highest BCUT2D eigenvalue weighted by Gasteiger charge is 2.26. The SMILES string of the molecule is Cc1ccc(S(=O)(=O)c2ccc(N3CCN(C4CCCCC4)CC3)nn2)cc1C. The average Bonchev–Trinajstić information content (AvgIpc) is 2.76. The first-order valence-corrected chi connectivity index (χ1v) is 12.1. The minimum absolute atomic E-state index is 0.00495. The summed E-state index contributed by atoms with van der Waals surface area (Å²) in [6.07, 6.45) is 6.73. The van der Waals surface area contributed by atoms with E-state index in [4.69, 9.17) is 0 Å². The zero-order valence-electron chi connectivity index (χ0n) is 17.3. The van der Waals surface area contributed by atoms with Gasteiger partial charge in [-0.3, -0.25) is 4.90 Å². The Morgan fingerprint density at radius 3 is 2.21 bits per heavy atom. The molecule has 0 amide bonds. The molecule has 0 spiro atoms. The smallest absolute Gasteiger partial charge is 0.225 e. The number of hydrogen-bond acceptors (Lipinski definition) is 6. The van der Waals surface area contributed by atoms with Crippen LogP contribution >= 0.6 is 0 Å². The molecule has 1 saturated heterocycles. The Morgan fingerprint density at radius 1 is 0.862 bits per heavy atom. The van der Waals surface area contributed by atoms with Crippen molar-refractivity contribution >= 4 is 15.7 Å². The van der Waals surface area contributed by atoms with Gasteiger partial charge in [0.2, 0.25) is 9.84 Å². The van der Waals surface area contributed by atoms with Gasteiger partial charge in [-0.05, 0) is 62.1 Å². The Labute approximate surface area is 173 Å². The van der Waals surface area contributed by atoms with E-state index in [1.54, 1.807) is 24.3 Å². The molecule has 2 heterocycles. The van der Waals surface area contributed by atoms with Gasteiger partial charge in [0.15, 0.2) is 10.8 Å². The van der Waals surface area contributed by atoms with Crippen LogP contribution in [-0.4, -0.2) is 55.7 Å². The first kappa shape index (κ1) is 20.3. The number of hydrogen-bond donors (Lipinski definition) is 0. The highest BCUT2D eigenvalue weighted by atomic mass is 32.2. The van der Waals surface area contributed by atoms with Crippen LogP contribution in [0.15, 0.2) is 40.3 Å². The lowest BCUT2D eigenvalue weighted by Crippen LogP contribution is -2.51. The molecule has 0 unspecified atom stereocenters. The van der Waals surface area contributed by atoms with Crippen LogP contribution in [0.4, 0.5) is 5.82 Å². The summed E-state index contributed by atoms with van der Waals surface area (Å²) in [5, 5.41) is 8.32. The lowest BCUT2D eigenvalue weighted by Gasteiger charge is -2.41. The van der Waals surface area contributed by atoms with Crippen LogP contribution in [0.2, 0.25) is 0 Å². The van der Waals surface area contributed by atoms with Crippen molar-refractivity contribution in [2.45, 2.75) is 61.9 Å². The second-order valence-electron chi connectivity index (χ2n) is 8.29. The first-order valence-electron chi connectivity index (χ1n) is 10.6. The summed E-state index contributed by atoms with van der Waals surface area (Å²) in [5.41, 5.74) is 2.02. The monoisotopic (exact) mass is 414 g/mol. The summed E-state index contributed by atoms with van der Waals surface area (Å²) in [6.45, 7) is 7.78. The molecule has 0 atom stereocenters. The van der Waals surface area contributed by atoms with Gasteiger partial charge in [-0.25, -0.2) is 8.42 Å². The number of piperazine rings is 1. The predicted molar refractivity (Wildman–Crippen MR) is 114 cm³/mol. The Morgan fingerprint density at radius 2 is 1.59 bits per heavy atom. The van der Waals surface area contributed by atoms with E-state index in [2.05, 4.69) is 20.0 Å². The van der Waals surface area contributed by atoms with Crippen molar-refractivity contribution in [2.24, 2.45) is 0 Å². The molecule has 6 nitrogen and oxygen atoms in total. The van der Waals surface area contributed by atoms with Crippen LogP contribution < -0.4 is 4.90 Å². The second kappa shape index (κ2) is 8.40. The van der Waals surface area contributed by atoms with Gasteiger partial charge in [-0.1, -0.05) is 25.3 Å². The van der Waals surface area contributed by atoms with Crippen molar-refractivity contribution in [2.75, 3.05) is 31.1 Å². The van der Waals surface area contributed by atoms with Gasteiger partial charge in [0.1, 0.15) is 0 Å². The maximum absolute atomic E-state index is 12.9. The number of rotatable bonds is 4. The fourth-order valence-corrected chi connectivity index (χ4v) is 5.61. The van der Waals surface area contributed by atoms with Crippen molar-refractivity contribution in [1.82, 2.24) is 15.1 Å².